The van der Waals surface area contributed by atoms with Crippen LogP contribution in [0.4, 0.5) is 0 Å². The highest BCUT2D eigenvalue weighted by Gasteiger charge is 2.29. The minimum Gasteiger partial charge on any atom is -0.463 e. The number of carbonyl (C=O) groups excluding carboxylic acids is 3. The number of carbonyl (C=O) groups is 3. The van der Waals surface area contributed by atoms with Gasteiger partial charge in [-0.25, -0.2) is 9.13 Å². The Kier molecular flexibility index (Phi) is 64.1. The highest BCUT2D eigenvalue weighted by molar-refractivity contribution is 7.47. The van der Waals surface area contributed by atoms with E-state index in [-0.39, 0.29) is 19.3 Å². The summed E-state index contributed by atoms with van der Waals surface area (Å²) in [6.07, 6.45) is 80.5. The molecular formula is C75H124O16P2. The van der Waals surface area contributed by atoms with Gasteiger partial charge in [-0.3, -0.25) is 32.5 Å². The van der Waals surface area contributed by atoms with Gasteiger partial charge in [0.15, 0.2) is 6.10 Å². The summed E-state index contributed by atoms with van der Waals surface area (Å²) in [6, 6.07) is 0. The fourth-order valence-corrected chi connectivity index (χ4v) is 10.3. The lowest BCUT2D eigenvalue weighted by Gasteiger charge is -2.21. The van der Waals surface area contributed by atoms with E-state index in [4.69, 9.17) is 32.3 Å². The van der Waals surface area contributed by atoms with Gasteiger partial charge >= 0.3 is 33.6 Å². The number of allylic oxidation sites excluding steroid dienone is 24. The second-order valence-corrected chi connectivity index (χ2v) is 25.8. The van der Waals surface area contributed by atoms with Crippen molar-refractivity contribution in [1.29, 1.82) is 0 Å². The molecule has 0 radical (unpaired) electrons. The van der Waals surface area contributed by atoms with Gasteiger partial charge in [-0.2, -0.15) is 0 Å². The second kappa shape index (κ2) is 67.4. The largest absolute Gasteiger partial charge is 0.472 e. The van der Waals surface area contributed by atoms with Gasteiger partial charge in [0.25, 0.3) is 0 Å². The van der Waals surface area contributed by atoms with Gasteiger partial charge in [0.05, 0.1) is 26.4 Å². The number of rotatable bonds is 65. The maximum Gasteiger partial charge on any atom is 0.472 e. The Morgan fingerprint density at radius 3 is 0.914 bits per heavy atom. The van der Waals surface area contributed by atoms with Gasteiger partial charge in [-0.05, 0) is 135 Å². The van der Waals surface area contributed by atoms with Gasteiger partial charge in [-0.1, -0.05) is 244 Å². The number of phosphoric ester groups is 2. The molecule has 0 rings (SSSR count). The molecule has 0 aromatic rings. The lowest BCUT2D eigenvalue weighted by molar-refractivity contribution is -0.161. The van der Waals surface area contributed by atoms with E-state index in [1.165, 1.54) is 12.8 Å². The van der Waals surface area contributed by atoms with Crippen LogP contribution in [0.3, 0.4) is 0 Å². The van der Waals surface area contributed by atoms with Crippen LogP contribution in [0.1, 0.15) is 252 Å². The summed E-state index contributed by atoms with van der Waals surface area (Å²) in [5.41, 5.74) is 0. The van der Waals surface area contributed by atoms with Crippen LogP contribution >= 0.6 is 15.6 Å². The van der Waals surface area contributed by atoms with Crippen molar-refractivity contribution in [2.45, 2.75) is 270 Å². The van der Waals surface area contributed by atoms with Gasteiger partial charge in [0.2, 0.25) is 0 Å². The fraction of sp³-hybridized carbons (Fsp3) is 0.640. The Morgan fingerprint density at radius 2 is 0.570 bits per heavy atom. The van der Waals surface area contributed by atoms with Crippen molar-refractivity contribution in [3.63, 3.8) is 0 Å². The highest BCUT2D eigenvalue weighted by Crippen LogP contribution is 2.45. The molecule has 0 spiro atoms. The molecule has 0 amide bonds. The lowest BCUT2D eigenvalue weighted by atomic mass is 10.1. The zero-order valence-electron chi connectivity index (χ0n) is 57.4. The molecule has 0 saturated carbocycles. The van der Waals surface area contributed by atoms with Crippen LogP contribution in [-0.4, -0.2) is 95.9 Å². The van der Waals surface area contributed by atoms with Crippen molar-refractivity contribution in [3.8, 4) is 0 Å². The maximum atomic E-state index is 12.9. The SMILES string of the molecule is CC/C=C\C/C=C\C/C=C\C/C=C\C/C=C\C/C=C\CCCCCCC(=O)OCC(O)COP(=O)(O)OCC(O)COP(=O)(O)OCC(COC(=O)CCCCCCCCC/C=C\C/C=C\C/C=C\C/C=C\C/C=C\CC)OC(=O)CCCCCCC/C=C\CCCC. The van der Waals surface area contributed by atoms with Crippen molar-refractivity contribution in [1.82, 2.24) is 0 Å². The molecule has 5 unspecified atom stereocenters. The summed E-state index contributed by atoms with van der Waals surface area (Å²) in [4.78, 5) is 58.4. The van der Waals surface area contributed by atoms with E-state index in [2.05, 4.69) is 167 Å². The minimum atomic E-state index is -4.93. The van der Waals surface area contributed by atoms with Gasteiger partial charge < -0.3 is 34.2 Å². The third-order valence-electron chi connectivity index (χ3n) is 14.0. The number of esters is 3. The molecular weight excluding hydrogens is 1220 g/mol. The number of ether oxygens (including phenoxy) is 3. The van der Waals surface area contributed by atoms with Crippen LogP contribution in [0.5, 0.6) is 0 Å². The van der Waals surface area contributed by atoms with E-state index in [0.29, 0.717) is 19.3 Å². The van der Waals surface area contributed by atoms with E-state index in [0.717, 1.165) is 180 Å². The molecule has 0 aliphatic carbocycles. The zero-order valence-corrected chi connectivity index (χ0v) is 59.2. The Balaban J connectivity index is 4.61. The molecule has 5 atom stereocenters. The average Bonchev–Trinajstić information content (AvgIpc) is 2.44. The molecule has 530 valence electrons. The molecule has 0 heterocycles. The van der Waals surface area contributed by atoms with E-state index >= 15 is 0 Å². The summed E-state index contributed by atoms with van der Waals surface area (Å²) in [7, 11) is -9.80. The van der Waals surface area contributed by atoms with E-state index < -0.39 is 91.5 Å². The maximum absolute atomic E-state index is 12.9. The minimum absolute atomic E-state index is 0.0865. The van der Waals surface area contributed by atoms with Gasteiger partial charge in [0.1, 0.15) is 25.4 Å². The third kappa shape index (κ3) is 68.6. The predicted octanol–water partition coefficient (Wildman–Crippen LogP) is 19.8. The van der Waals surface area contributed by atoms with Crippen molar-refractivity contribution < 1.29 is 75.8 Å². The van der Waals surface area contributed by atoms with Crippen LogP contribution in [0.15, 0.2) is 146 Å². The van der Waals surface area contributed by atoms with Crippen LogP contribution in [0.2, 0.25) is 0 Å². The number of hydrogen-bond acceptors (Lipinski definition) is 14. The standard InChI is InChI=1S/C75H124O16P2/c1-4-7-10-13-16-19-22-24-26-28-30-32-34-36-38-40-42-44-47-49-52-55-58-61-73(78)85-64-70(76)65-87-92(81,82)88-66-71(77)67-89-93(83,84)90-69-72(91-75(80)63-60-57-54-51-46-21-18-15-12-9-6-3)68-86-74(79)62-59-56-53-50-48-45-43-41-39-37-35-33-31-29-27-25-23-20-17-14-11-8-5-2/h7-8,10-11,15-20,24-27,30-33,36-39,42,44,70-72,76-77H,4-6,9,12-14,21-23,28-29,34-35,40-41,43,45-69H2,1-3H3,(H,81,82)(H,83,84)/b10-7-,11-8-,18-15-,19-16-,20-17-,26-24-,27-25-,32-30-,33-31-,38-36-,39-37-,44-42-. The molecule has 0 bridgehead atoms. The molecule has 0 fully saturated rings. The Hall–Kier alpha value is -4.57. The van der Waals surface area contributed by atoms with Crippen LogP contribution in [0, 0.1) is 0 Å². The lowest BCUT2D eigenvalue weighted by Crippen LogP contribution is -2.30. The molecule has 4 N–H and O–H groups in total. The van der Waals surface area contributed by atoms with E-state index in [9.17, 15) is 43.5 Å². The predicted molar refractivity (Wildman–Crippen MR) is 380 cm³/mol. The van der Waals surface area contributed by atoms with Gasteiger partial charge in [-0.15, -0.1) is 0 Å². The van der Waals surface area contributed by atoms with E-state index in [1.54, 1.807) is 0 Å². The molecule has 0 aliphatic heterocycles. The van der Waals surface area contributed by atoms with Crippen LogP contribution in [0.25, 0.3) is 0 Å². The first-order valence-electron chi connectivity index (χ1n) is 35.1. The summed E-state index contributed by atoms with van der Waals surface area (Å²) in [5, 5.41) is 20.5. The Labute approximate surface area is 562 Å². The summed E-state index contributed by atoms with van der Waals surface area (Å²) in [6.45, 7) is 2.32. The molecule has 18 heteroatoms. The summed E-state index contributed by atoms with van der Waals surface area (Å²) in [5.74, 6) is -1.63. The monoisotopic (exact) mass is 1340 g/mol. The van der Waals surface area contributed by atoms with Crippen LogP contribution < -0.4 is 0 Å². The van der Waals surface area contributed by atoms with Crippen LogP contribution in [-0.2, 0) is 55.8 Å². The number of hydrogen-bond donors (Lipinski definition) is 4. The average molecular weight is 1340 g/mol. The summed E-state index contributed by atoms with van der Waals surface area (Å²) >= 11 is 0. The van der Waals surface area contributed by atoms with Crippen molar-refractivity contribution >= 4 is 33.6 Å². The fourth-order valence-electron chi connectivity index (χ4n) is 8.70. The normalized spacial score (nSPS) is 15.0. The molecule has 0 aromatic carbocycles. The topological polar surface area (TPSA) is 231 Å². The third-order valence-corrected chi connectivity index (χ3v) is 15.9. The quantitative estimate of drug-likeness (QED) is 0.0146. The Morgan fingerprint density at radius 1 is 0.312 bits per heavy atom. The first-order chi connectivity index (χ1) is 45.2. The molecule has 93 heavy (non-hydrogen) atoms. The van der Waals surface area contributed by atoms with Crippen molar-refractivity contribution in [2.75, 3.05) is 39.6 Å². The molecule has 0 aliphatic rings. The zero-order chi connectivity index (χ0) is 68.1. The molecule has 0 saturated heterocycles. The number of phosphoric acid groups is 2. The first-order valence-corrected chi connectivity index (χ1v) is 38.1. The first kappa shape index (κ1) is 88.4. The number of aliphatic hydroxyl groups excluding tert-OH is 2. The number of unbranched alkanes of at least 4 members (excludes halogenated alkanes) is 18. The Bertz CT molecular complexity index is 2280. The molecule has 16 nitrogen and oxygen atoms in total. The van der Waals surface area contributed by atoms with Crippen molar-refractivity contribution in [3.05, 3.63) is 146 Å². The van der Waals surface area contributed by atoms with E-state index in [1.807, 2.05) is 0 Å². The molecule has 0 aromatic heterocycles. The highest BCUT2D eigenvalue weighted by atomic mass is 31.2. The summed E-state index contributed by atoms with van der Waals surface area (Å²) < 4.78 is 60.8. The van der Waals surface area contributed by atoms with Gasteiger partial charge in [0, 0.05) is 19.3 Å². The number of aliphatic hydroxyl groups is 2. The second-order valence-electron chi connectivity index (χ2n) is 22.9. The smallest absolute Gasteiger partial charge is 0.463 e. The van der Waals surface area contributed by atoms with Crippen molar-refractivity contribution in [2.24, 2.45) is 0 Å².